The Morgan fingerprint density at radius 2 is 1.46 bits per heavy atom. The molecular formula is C18H34O8. The zero-order chi connectivity index (χ0) is 19.8. The van der Waals surface area contributed by atoms with Crippen LogP contribution in [0.3, 0.4) is 0 Å². The molecule has 0 aromatic heterocycles. The molecular weight excluding hydrogens is 344 g/mol. The molecule has 2 aliphatic rings. The summed E-state index contributed by atoms with van der Waals surface area (Å²) in [6.07, 6.45) is -8.25. The zero-order valence-electron chi connectivity index (χ0n) is 16.1. The Morgan fingerprint density at radius 3 is 2.00 bits per heavy atom. The molecule has 2 heterocycles. The minimum absolute atomic E-state index is 0.168. The molecule has 10 atom stereocenters. The van der Waals surface area contributed by atoms with E-state index in [0.29, 0.717) is 6.42 Å². The minimum atomic E-state index is -1.45. The van der Waals surface area contributed by atoms with Crippen molar-refractivity contribution in [3.05, 3.63) is 0 Å². The van der Waals surface area contributed by atoms with Crippen LogP contribution in [0.2, 0.25) is 0 Å². The van der Waals surface area contributed by atoms with E-state index in [9.17, 15) is 25.5 Å². The molecule has 0 bridgehead atoms. The number of hydrogen-bond donors (Lipinski definition) is 5. The van der Waals surface area contributed by atoms with Gasteiger partial charge in [-0.2, -0.15) is 0 Å². The largest absolute Gasteiger partial charge is 0.394 e. The van der Waals surface area contributed by atoms with Crippen molar-refractivity contribution >= 4 is 0 Å². The third-order valence-electron chi connectivity index (χ3n) is 5.25. The van der Waals surface area contributed by atoms with Gasteiger partial charge in [0.2, 0.25) is 0 Å². The summed E-state index contributed by atoms with van der Waals surface area (Å²) in [6.45, 7) is 9.11. The molecule has 0 radical (unpaired) electrons. The van der Waals surface area contributed by atoms with Crippen LogP contribution in [-0.4, -0.2) is 87.3 Å². The second kappa shape index (κ2) is 8.36. The molecule has 2 fully saturated rings. The van der Waals surface area contributed by atoms with Crippen LogP contribution in [0.15, 0.2) is 0 Å². The van der Waals surface area contributed by atoms with E-state index in [-0.39, 0.29) is 17.9 Å². The first kappa shape index (κ1) is 22.0. The normalized spacial score (nSPS) is 47.8. The molecule has 0 spiro atoms. The lowest BCUT2D eigenvalue weighted by atomic mass is 9.84. The summed E-state index contributed by atoms with van der Waals surface area (Å²) in [5, 5.41) is 50.6. The monoisotopic (exact) mass is 378 g/mol. The summed E-state index contributed by atoms with van der Waals surface area (Å²) < 4.78 is 17.2. The third-order valence-corrected chi connectivity index (χ3v) is 5.25. The lowest BCUT2D eigenvalue weighted by Gasteiger charge is -2.47. The van der Waals surface area contributed by atoms with Crippen molar-refractivity contribution in [2.45, 2.75) is 96.2 Å². The predicted molar refractivity (Wildman–Crippen MR) is 92.2 cm³/mol. The quantitative estimate of drug-likeness (QED) is 0.438. The van der Waals surface area contributed by atoms with Gasteiger partial charge in [-0.1, -0.05) is 27.7 Å². The maximum absolute atomic E-state index is 10.3. The number of aliphatic hydroxyl groups excluding tert-OH is 5. The average molecular weight is 378 g/mol. The fraction of sp³-hybridized carbons (Fsp3) is 1.00. The van der Waals surface area contributed by atoms with Crippen molar-refractivity contribution < 1.29 is 39.7 Å². The molecule has 0 unspecified atom stereocenters. The molecule has 0 aromatic carbocycles. The maximum Gasteiger partial charge on any atom is 0.186 e. The van der Waals surface area contributed by atoms with E-state index in [1.54, 1.807) is 13.8 Å². The molecule has 0 saturated carbocycles. The van der Waals surface area contributed by atoms with E-state index in [4.69, 9.17) is 14.2 Å². The predicted octanol–water partition coefficient (Wildman–Crippen LogP) is -0.608. The van der Waals surface area contributed by atoms with E-state index >= 15 is 0 Å². The van der Waals surface area contributed by atoms with Crippen LogP contribution in [0.4, 0.5) is 0 Å². The van der Waals surface area contributed by atoms with Gasteiger partial charge in [0.25, 0.3) is 0 Å². The molecule has 8 nitrogen and oxygen atoms in total. The summed E-state index contributed by atoms with van der Waals surface area (Å²) in [4.78, 5) is 0. The van der Waals surface area contributed by atoms with E-state index in [1.807, 2.05) is 20.8 Å². The van der Waals surface area contributed by atoms with Crippen LogP contribution in [0.1, 0.15) is 41.0 Å². The second-order valence-electron chi connectivity index (χ2n) is 8.79. The van der Waals surface area contributed by atoms with Gasteiger partial charge in [-0.3, -0.25) is 0 Å². The summed E-state index contributed by atoms with van der Waals surface area (Å²) >= 11 is 0. The Balaban J connectivity index is 2.14. The van der Waals surface area contributed by atoms with Crippen LogP contribution < -0.4 is 0 Å². The lowest BCUT2D eigenvalue weighted by Crippen LogP contribution is -2.62. The summed E-state index contributed by atoms with van der Waals surface area (Å²) in [7, 11) is 0. The number of hydrogen-bond acceptors (Lipinski definition) is 8. The zero-order valence-corrected chi connectivity index (χ0v) is 16.1. The molecule has 5 N–H and O–H groups in total. The molecule has 0 aromatic rings. The highest BCUT2D eigenvalue weighted by Gasteiger charge is 2.49. The van der Waals surface area contributed by atoms with Gasteiger partial charge in [0, 0.05) is 5.92 Å². The first-order chi connectivity index (χ1) is 12.0. The van der Waals surface area contributed by atoms with Gasteiger partial charge < -0.3 is 39.7 Å². The highest BCUT2D eigenvalue weighted by molar-refractivity contribution is 4.94. The van der Waals surface area contributed by atoms with Gasteiger partial charge in [-0.15, -0.1) is 0 Å². The molecule has 2 saturated heterocycles. The van der Waals surface area contributed by atoms with Gasteiger partial charge >= 0.3 is 0 Å². The van der Waals surface area contributed by atoms with Crippen LogP contribution in [0.5, 0.6) is 0 Å². The molecule has 2 aliphatic heterocycles. The molecule has 154 valence electrons. The minimum Gasteiger partial charge on any atom is -0.394 e. The van der Waals surface area contributed by atoms with Gasteiger partial charge in [0.05, 0.1) is 31.0 Å². The topological polar surface area (TPSA) is 129 Å². The Kier molecular flexibility index (Phi) is 7.07. The molecule has 2 rings (SSSR count). The van der Waals surface area contributed by atoms with Crippen molar-refractivity contribution in [1.29, 1.82) is 0 Å². The highest BCUT2D eigenvalue weighted by atomic mass is 16.7. The average Bonchev–Trinajstić information content (AvgIpc) is 2.55. The number of rotatable bonds is 4. The molecule has 0 aliphatic carbocycles. The fourth-order valence-corrected chi connectivity index (χ4v) is 3.71. The molecule has 26 heavy (non-hydrogen) atoms. The Morgan fingerprint density at radius 1 is 0.846 bits per heavy atom. The van der Waals surface area contributed by atoms with Crippen molar-refractivity contribution in [1.82, 2.24) is 0 Å². The second-order valence-corrected chi connectivity index (χ2v) is 8.79. The van der Waals surface area contributed by atoms with Gasteiger partial charge in [-0.05, 0) is 18.8 Å². The van der Waals surface area contributed by atoms with E-state index < -0.39 is 55.1 Å². The van der Waals surface area contributed by atoms with E-state index in [2.05, 4.69) is 0 Å². The first-order valence-electron chi connectivity index (χ1n) is 9.25. The molecule has 0 amide bonds. The maximum atomic E-state index is 10.3. The van der Waals surface area contributed by atoms with Crippen LogP contribution >= 0.6 is 0 Å². The summed E-state index contributed by atoms with van der Waals surface area (Å²) in [5.41, 5.74) is -0.168. The summed E-state index contributed by atoms with van der Waals surface area (Å²) in [6, 6.07) is 0. The van der Waals surface area contributed by atoms with Crippen molar-refractivity contribution in [2.24, 2.45) is 11.3 Å². The van der Waals surface area contributed by atoms with Crippen molar-refractivity contribution in [3.8, 4) is 0 Å². The van der Waals surface area contributed by atoms with E-state index in [0.717, 1.165) is 0 Å². The van der Waals surface area contributed by atoms with Gasteiger partial charge in [-0.25, -0.2) is 0 Å². The smallest absolute Gasteiger partial charge is 0.186 e. The van der Waals surface area contributed by atoms with E-state index in [1.165, 1.54) is 0 Å². The van der Waals surface area contributed by atoms with Crippen molar-refractivity contribution in [2.75, 3.05) is 6.61 Å². The summed E-state index contributed by atoms with van der Waals surface area (Å²) in [5.74, 6) is -0.378. The number of aliphatic hydroxyl groups is 5. The van der Waals surface area contributed by atoms with Crippen molar-refractivity contribution in [3.63, 3.8) is 0 Å². The Labute approximate surface area is 154 Å². The highest BCUT2D eigenvalue weighted by Crippen LogP contribution is 2.34. The Bertz CT molecular complexity index is 451. The van der Waals surface area contributed by atoms with Crippen LogP contribution in [0, 0.1) is 11.3 Å². The van der Waals surface area contributed by atoms with Crippen LogP contribution in [0.25, 0.3) is 0 Å². The van der Waals surface area contributed by atoms with Gasteiger partial charge in [0.1, 0.15) is 24.4 Å². The Hall–Kier alpha value is -0.320. The molecule has 8 heteroatoms. The number of ether oxygens (including phenoxy) is 3. The third kappa shape index (κ3) is 4.74. The standard InChI is InChI=1S/C18H34O8/c1-8-12(20)9(2)24-11(7-19)16(8)26-17-15(23)14(22)13(21)10(25-17)6-18(3,4)5/h8-17,19-23H,6-7H2,1-5H3/t8-,9+,10-,11-,12-,13-,14+,15-,16+,17+/m1/s1. The first-order valence-corrected chi connectivity index (χ1v) is 9.25. The lowest BCUT2D eigenvalue weighted by molar-refractivity contribution is -0.335. The van der Waals surface area contributed by atoms with Crippen LogP contribution in [-0.2, 0) is 14.2 Å². The fourth-order valence-electron chi connectivity index (χ4n) is 3.71. The van der Waals surface area contributed by atoms with Gasteiger partial charge in [0.15, 0.2) is 6.29 Å². The SMILES string of the molecule is C[C@@H]1[C@@H](O)[C@H](C)O[C@H](CO)[C@H]1O[C@@H]1O[C@H](CC(C)(C)C)[C@@H](O)[C@H](O)[C@H]1O.